The van der Waals surface area contributed by atoms with E-state index >= 15 is 0 Å². The average Bonchev–Trinajstić information content (AvgIpc) is 2.87. The highest BCUT2D eigenvalue weighted by Crippen LogP contribution is 2.30. The van der Waals surface area contributed by atoms with Crippen LogP contribution in [-0.2, 0) is 0 Å². The second kappa shape index (κ2) is 4.67. The zero-order valence-corrected chi connectivity index (χ0v) is 11.0. The number of aromatic nitrogens is 4. The number of nitrogen functional groups attached to an aromatic ring is 1. The van der Waals surface area contributed by atoms with Gasteiger partial charge in [-0.3, -0.25) is 0 Å². The van der Waals surface area contributed by atoms with E-state index < -0.39 is 17.5 Å². The Bertz CT molecular complexity index is 879. The third-order valence-corrected chi connectivity index (χ3v) is 3.27. The van der Waals surface area contributed by atoms with Crippen molar-refractivity contribution in [2.75, 3.05) is 5.73 Å². The van der Waals surface area contributed by atoms with Crippen LogP contribution < -0.4 is 5.73 Å². The van der Waals surface area contributed by atoms with Gasteiger partial charge in [0, 0.05) is 11.6 Å². The Kier molecular flexibility index (Phi) is 2.95. The number of rotatable bonds is 2. The number of pyridine rings is 1. The number of carboxylic acid groups (broad SMARTS) is 1. The minimum atomic E-state index is -1.35. The van der Waals surface area contributed by atoms with Gasteiger partial charge in [-0.05, 0) is 12.1 Å². The third kappa shape index (κ3) is 2.15. The van der Waals surface area contributed by atoms with E-state index in [2.05, 4.69) is 20.4 Å². The van der Waals surface area contributed by atoms with Crippen molar-refractivity contribution in [3.8, 4) is 11.3 Å². The summed E-state index contributed by atoms with van der Waals surface area (Å²) in [5, 5.41) is 18.8. The predicted molar refractivity (Wildman–Crippen MR) is 73.5 cm³/mol. The first-order valence-electron chi connectivity index (χ1n) is 5.67. The van der Waals surface area contributed by atoms with Gasteiger partial charge in [0.1, 0.15) is 16.9 Å². The molecule has 7 nitrogen and oxygen atoms in total. The zero-order valence-electron chi connectivity index (χ0n) is 10.3. The fourth-order valence-corrected chi connectivity index (χ4v) is 2.07. The highest BCUT2D eigenvalue weighted by molar-refractivity contribution is 6.35. The van der Waals surface area contributed by atoms with E-state index in [1.54, 1.807) is 0 Å². The number of halogens is 2. The molecule has 4 N–H and O–H groups in total. The number of hydrogen-bond donors (Lipinski definition) is 3. The zero-order chi connectivity index (χ0) is 15.1. The van der Waals surface area contributed by atoms with Crippen molar-refractivity contribution < 1.29 is 14.3 Å². The van der Waals surface area contributed by atoms with Crippen LogP contribution in [0.2, 0.25) is 5.02 Å². The van der Waals surface area contributed by atoms with Crippen LogP contribution in [-0.4, -0.2) is 31.5 Å². The van der Waals surface area contributed by atoms with Crippen molar-refractivity contribution in [3.63, 3.8) is 0 Å². The quantitative estimate of drug-likeness (QED) is 0.667. The number of carbonyl (C=O) groups is 1. The minimum absolute atomic E-state index is 0.00119. The lowest BCUT2D eigenvalue weighted by atomic mass is 10.1. The van der Waals surface area contributed by atoms with Crippen LogP contribution in [0.3, 0.4) is 0 Å². The lowest BCUT2D eigenvalue weighted by molar-refractivity contribution is 0.0691. The van der Waals surface area contributed by atoms with E-state index in [0.717, 1.165) is 0 Å². The van der Waals surface area contributed by atoms with Crippen molar-refractivity contribution in [2.45, 2.75) is 0 Å². The largest absolute Gasteiger partial charge is 0.476 e. The lowest BCUT2D eigenvalue weighted by Crippen LogP contribution is -2.05. The number of anilines is 1. The van der Waals surface area contributed by atoms with E-state index in [9.17, 15) is 9.18 Å². The molecule has 1 aromatic carbocycles. The highest BCUT2D eigenvalue weighted by Gasteiger charge is 2.18. The molecule has 0 unspecified atom stereocenters. The molecule has 0 amide bonds. The Hall–Kier alpha value is -2.74. The van der Waals surface area contributed by atoms with Gasteiger partial charge in [0.15, 0.2) is 5.69 Å². The maximum atomic E-state index is 14.1. The number of benzene rings is 1. The molecule has 106 valence electrons. The highest BCUT2D eigenvalue weighted by atomic mass is 35.5. The van der Waals surface area contributed by atoms with Gasteiger partial charge in [-0.1, -0.05) is 11.6 Å². The number of hydrogen-bond acceptors (Lipinski definition) is 5. The average molecular weight is 308 g/mol. The van der Waals surface area contributed by atoms with Crippen LogP contribution in [0.4, 0.5) is 10.1 Å². The van der Waals surface area contributed by atoms with Gasteiger partial charge >= 0.3 is 5.97 Å². The number of nitrogens with one attached hydrogen (secondary N) is 1. The second-order valence-corrected chi connectivity index (χ2v) is 4.59. The number of aromatic carboxylic acids is 1. The fraction of sp³-hybridized carbons (Fsp3) is 0. The van der Waals surface area contributed by atoms with Crippen LogP contribution >= 0.6 is 11.6 Å². The maximum absolute atomic E-state index is 14.1. The van der Waals surface area contributed by atoms with Crippen molar-refractivity contribution in [2.24, 2.45) is 0 Å². The summed E-state index contributed by atoms with van der Waals surface area (Å²) in [6.45, 7) is 0. The van der Waals surface area contributed by atoms with Crippen LogP contribution in [0.25, 0.3) is 22.3 Å². The predicted octanol–water partition coefficient (Wildman–Crippen LogP) is 2.09. The molecule has 0 saturated carbocycles. The first kappa shape index (κ1) is 13.3. The molecule has 9 heteroatoms. The Morgan fingerprint density at radius 2 is 1.95 bits per heavy atom. The molecule has 3 rings (SSSR count). The topological polar surface area (TPSA) is 118 Å². The molecule has 0 aliphatic rings. The van der Waals surface area contributed by atoms with E-state index in [-0.39, 0.29) is 22.0 Å². The molecule has 0 aliphatic carbocycles. The van der Waals surface area contributed by atoms with Gasteiger partial charge in [0.2, 0.25) is 0 Å². The van der Waals surface area contributed by atoms with Gasteiger partial charge in [0.05, 0.1) is 16.4 Å². The fourth-order valence-electron chi connectivity index (χ4n) is 1.89. The first-order chi connectivity index (χ1) is 9.97. The van der Waals surface area contributed by atoms with Crippen molar-refractivity contribution in [1.29, 1.82) is 0 Å². The number of carboxylic acids is 1. The van der Waals surface area contributed by atoms with E-state index in [0.29, 0.717) is 11.0 Å². The molecule has 3 aromatic rings. The molecular weight excluding hydrogens is 301 g/mol. The number of aromatic amines is 1. The normalized spacial score (nSPS) is 11.0. The van der Waals surface area contributed by atoms with Crippen LogP contribution in [0.1, 0.15) is 10.5 Å². The lowest BCUT2D eigenvalue weighted by Gasteiger charge is -2.07. The molecule has 2 aromatic heterocycles. The summed E-state index contributed by atoms with van der Waals surface area (Å²) in [7, 11) is 0. The van der Waals surface area contributed by atoms with Gasteiger partial charge in [0.25, 0.3) is 0 Å². The molecule has 0 spiro atoms. The SMILES string of the molecule is Nc1cc(-c2cc3n[nH]nc3cc2F)nc(C(=O)O)c1Cl. The summed E-state index contributed by atoms with van der Waals surface area (Å²) < 4.78 is 14.1. The smallest absolute Gasteiger partial charge is 0.356 e. The monoisotopic (exact) mass is 307 g/mol. The van der Waals surface area contributed by atoms with Crippen molar-refractivity contribution in [1.82, 2.24) is 20.4 Å². The molecule has 0 bridgehead atoms. The van der Waals surface area contributed by atoms with E-state index in [1.807, 2.05) is 0 Å². The summed E-state index contributed by atoms with van der Waals surface area (Å²) in [5.74, 6) is -1.97. The van der Waals surface area contributed by atoms with Gasteiger partial charge in [-0.25, -0.2) is 14.2 Å². The van der Waals surface area contributed by atoms with Gasteiger partial charge < -0.3 is 10.8 Å². The third-order valence-electron chi connectivity index (χ3n) is 2.87. The minimum Gasteiger partial charge on any atom is -0.476 e. The van der Waals surface area contributed by atoms with E-state index in [4.69, 9.17) is 22.4 Å². The van der Waals surface area contributed by atoms with Crippen LogP contribution in [0.5, 0.6) is 0 Å². The standard InChI is InChI=1S/C12H7ClFN5O2/c13-10-6(15)3-7(16-11(10)12(20)21)4-1-8-9(2-5(4)14)18-19-17-8/h1-3H,(H2,15,16)(H,20,21)(H,17,18,19). The van der Waals surface area contributed by atoms with E-state index in [1.165, 1.54) is 18.2 Å². The summed E-state index contributed by atoms with van der Waals surface area (Å²) >= 11 is 5.78. The van der Waals surface area contributed by atoms with Gasteiger partial charge in [-0.15, -0.1) is 0 Å². The molecule has 21 heavy (non-hydrogen) atoms. The summed E-state index contributed by atoms with van der Waals surface area (Å²) in [4.78, 5) is 14.9. The molecule has 0 saturated heterocycles. The van der Waals surface area contributed by atoms with Crippen molar-refractivity contribution >= 4 is 34.3 Å². The van der Waals surface area contributed by atoms with Crippen molar-refractivity contribution in [3.05, 3.63) is 34.7 Å². The Balaban J connectivity index is 2.27. The number of H-pyrrole nitrogens is 1. The second-order valence-electron chi connectivity index (χ2n) is 4.21. The molecule has 0 fully saturated rings. The summed E-state index contributed by atoms with van der Waals surface area (Å²) in [6.07, 6.45) is 0. The molecule has 0 radical (unpaired) electrons. The summed E-state index contributed by atoms with van der Waals surface area (Å²) in [6, 6.07) is 3.87. The maximum Gasteiger partial charge on any atom is 0.356 e. The molecule has 0 aliphatic heterocycles. The Morgan fingerprint density at radius 1 is 1.29 bits per heavy atom. The molecular formula is C12H7ClFN5O2. The Morgan fingerprint density at radius 3 is 2.62 bits per heavy atom. The summed E-state index contributed by atoms with van der Waals surface area (Å²) in [5.41, 5.74) is 6.08. The number of fused-ring (bicyclic) bond motifs is 1. The first-order valence-corrected chi connectivity index (χ1v) is 6.05. The molecule has 0 atom stereocenters. The number of nitrogens with zero attached hydrogens (tertiary/aromatic N) is 3. The van der Waals surface area contributed by atoms with Gasteiger partial charge in [-0.2, -0.15) is 15.4 Å². The molecule has 2 heterocycles. The van der Waals surface area contributed by atoms with Crippen LogP contribution in [0, 0.1) is 5.82 Å². The number of nitrogens with two attached hydrogens (primary N) is 1. The Labute approximate surface area is 121 Å². The van der Waals surface area contributed by atoms with Crippen LogP contribution in [0.15, 0.2) is 18.2 Å².